The molecule has 1 atom stereocenters. The van der Waals surface area contributed by atoms with E-state index >= 15 is 0 Å². The zero-order chi connectivity index (χ0) is 22.6. The Hall–Kier alpha value is -2.90. The summed E-state index contributed by atoms with van der Waals surface area (Å²) in [6.45, 7) is 2.17. The van der Waals surface area contributed by atoms with Crippen LogP contribution in [0.15, 0.2) is 82.3 Å². The van der Waals surface area contributed by atoms with Gasteiger partial charge in [-0.2, -0.15) is 0 Å². The number of amides is 1. The molecule has 1 aromatic heterocycles. The van der Waals surface area contributed by atoms with Gasteiger partial charge in [0.2, 0.25) is 10.0 Å². The molecule has 2 aromatic carbocycles. The average Bonchev–Trinajstić information content (AvgIpc) is 3.52. The Morgan fingerprint density at radius 1 is 1.06 bits per heavy atom. The molecule has 1 unspecified atom stereocenters. The van der Waals surface area contributed by atoms with Gasteiger partial charge < -0.3 is 9.32 Å². The third-order valence-electron chi connectivity index (χ3n) is 5.96. The van der Waals surface area contributed by atoms with Gasteiger partial charge in [-0.15, -0.1) is 0 Å². The van der Waals surface area contributed by atoms with Crippen LogP contribution in [-0.2, 0) is 16.6 Å². The highest BCUT2D eigenvalue weighted by atomic mass is 32.2. The van der Waals surface area contributed by atoms with E-state index in [2.05, 4.69) is 4.72 Å². The Morgan fingerprint density at radius 3 is 2.50 bits per heavy atom. The summed E-state index contributed by atoms with van der Waals surface area (Å²) in [6.07, 6.45) is 5.66. The Morgan fingerprint density at radius 2 is 1.81 bits per heavy atom. The SMILES string of the molecule is CC(NS(=O)(=O)c1cccc(C(=O)N(Cc2ccco2)C2CCCC2)c1)c1ccccc1. The summed E-state index contributed by atoms with van der Waals surface area (Å²) < 4.78 is 34.2. The Kier molecular flexibility index (Phi) is 6.77. The first-order chi connectivity index (χ1) is 15.4. The van der Waals surface area contributed by atoms with Crippen LogP contribution in [0.4, 0.5) is 0 Å². The maximum absolute atomic E-state index is 13.5. The molecule has 1 saturated carbocycles. The lowest BCUT2D eigenvalue weighted by atomic mass is 10.1. The number of nitrogens with one attached hydrogen (secondary N) is 1. The largest absolute Gasteiger partial charge is 0.467 e. The molecule has 0 saturated heterocycles. The molecule has 3 aromatic rings. The minimum absolute atomic E-state index is 0.0792. The number of hydrogen-bond acceptors (Lipinski definition) is 4. The van der Waals surface area contributed by atoms with Gasteiger partial charge in [0.25, 0.3) is 5.91 Å². The van der Waals surface area contributed by atoms with Crippen LogP contribution in [0.25, 0.3) is 0 Å². The van der Waals surface area contributed by atoms with Crippen molar-refractivity contribution in [3.63, 3.8) is 0 Å². The first-order valence-electron chi connectivity index (χ1n) is 10.9. The van der Waals surface area contributed by atoms with Gasteiger partial charge in [0.15, 0.2) is 0 Å². The Balaban J connectivity index is 1.57. The summed E-state index contributed by atoms with van der Waals surface area (Å²) in [7, 11) is -3.80. The maximum Gasteiger partial charge on any atom is 0.254 e. The van der Waals surface area contributed by atoms with Crippen LogP contribution in [-0.4, -0.2) is 25.3 Å². The fraction of sp³-hybridized carbons (Fsp3) is 0.320. The summed E-state index contributed by atoms with van der Waals surface area (Å²) >= 11 is 0. The van der Waals surface area contributed by atoms with Crippen molar-refractivity contribution >= 4 is 15.9 Å². The molecule has 4 rings (SSSR count). The van der Waals surface area contributed by atoms with E-state index in [4.69, 9.17) is 4.42 Å². The van der Waals surface area contributed by atoms with E-state index in [1.807, 2.05) is 41.3 Å². The van der Waals surface area contributed by atoms with E-state index in [0.29, 0.717) is 17.9 Å². The van der Waals surface area contributed by atoms with Crippen molar-refractivity contribution in [1.29, 1.82) is 0 Å². The van der Waals surface area contributed by atoms with E-state index in [0.717, 1.165) is 31.2 Å². The van der Waals surface area contributed by atoms with Crippen LogP contribution in [0.1, 0.15) is 60.3 Å². The number of hydrogen-bond donors (Lipinski definition) is 1. The molecule has 1 heterocycles. The highest BCUT2D eigenvalue weighted by Gasteiger charge is 2.29. The fourth-order valence-electron chi connectivity index (χ4n) is 4.23. The van der Waals surface area contributed by atoms with Crippen LogP contribution in [0.3, 0.4) is 0 Å². The fourth-order valence-corrected chi connectivity index (χ4v) is 5.50. The van der Waals surface area contributed by atoms with Gasteiger partial charge in [-0.1, -0.05) is 49.2 Å². The summed E-state index contributed by atoms with van der Waals surface area (Å²) in [6, 6.07) is 19.0. The van der Waals surface area contributed by atoms with Crippen LogP contribution in [0.2, 0.25) is 0 Å². The molecule has 32 heavy (non-hydrogen) atoms. The minimum Gasteiger partial charge on any atom is -0.467 e. The molecule has 0 radical (unpaired) electrons. The van der Waals surface area contributed by atoms with E-state index in [-0.39, 0.29) is 16.8 Å². The van der Waals surface area contributed by atoms with Crippen LogP contribution < -0.4 is 4.72 Å². The lowest BCUT2D eigenvalue weighted by molar-refractivity contribution is 0.0648. The minimum atomic E-state index is -3.80. The number of benzene rings is 2. The molecular formula is C25H28N2O4S. The molecule has 0 bridgehead atoms. The number of nitrogens with zero attached hydrogens (tertiary/aromatic N) is 1. The third kappa shape index (κ3) is 5.11. The van der Waals surface area contributed by atoms with Crippen molar-refractivity contribution in [3.05, 3.63) is 89.9 Å². The number of furan rings is 1. The first-order valence-corrected chi connectivity index (χ1v) is 12.4. The molecule has 0 aliphatic heterocycles. The lowest BCUT2D eigenvalue weighted by Crippen LogP contribution is -2.38. The van der Waals surface area contributed by atoms with Crippen LogP contribution in [0.5, 0.6) is 0 Å². The van der Waals surface area contributed by atoms with Crippen molar-refractivity contribution < 1.29 is 17.6 Å². The lowest BCUT2D eigenvalue weighted by Gasteiger charge is -2.28. The smallest absolute Gasteiger partial charge is 0.254 e. The molecule has 7 heteroatoms. The summed E-state index contributed by atoms with van der Waals surface area (Å²) in [4.78, 5) is 15.3. The second-order valence-electron chi connectivity index (χ2n) is 8.23. The highest BCUT2D eigenvalue weighted by molar-refractivity contribution is 7.89. The normalized spacial score (nSPS) is 15.5. The average molecular weight is 453 g/mol. The quantitative estimate of drug-likeness (QED) is 0.527. The van der Waals surface area contributed by atoms with Gasteiger partial charge >= 0.3 is 0 Å². The second-order valence-corrected chi connectivity index (χ2v) is 9.95. The van der Waals surface area contributed by atoms with Crippen molar-refractivity contribution in [2.24, 2.45) is 0 Å². The topological polar surface area (TPSA) is 79.6 Å². The van der Waals surface area contributed by atoms with E-state index in [9.17, 15) is 13.2 Å². The van der Waals surface area contributed by atoms with Gasteiger partial charge in [0.1, 0.15) is 5.76 Å². The van der Waals surface area contributed by atoms with Gasteiger partial charge in [-0.05, 0) is 55.7 Å². The molecule has 1 aliphatic rings. The summed E-state index contributed by atoms with van der Waals surface area (Å²) in [5.74, 6) is 0.536. The third-order valence-corrected chi connectivity index (χ3v) is 7.49. The Bertz CT molecular complexity index is 1140. The van der Waals surface area contributed by atoms with Crippen molar-refractivity contribution in [2.75, 3.05) is 0 Å². The predicted molar refractivity (Wildman–Crippen MR) is 122 cm³/mol. The second kappa shape index (κ2) is 9.71. The van der Waals surface area contributed by atoms with Gasteiger partial charge in [0, 0.05) is 17.6 Å². The molecule has 1 amide bonds. The van der Waals surface area contributed by atoms with E-state index < -0.39 is 16.1 Å². The van der Waals surface area contributed by atoms with Gasteiger partial charge in [-0.25, -0.2) is 13.1 Å². The standard InChI is InChI=1S/C25H28N2O4S/c1-19(20-9-3-2-4-10-20)26-32(29,30)24-15-7-11-21(17-24)25(28)27(22-12-5-6-13-22)18-23-14-8-16-31-23/h2-4,7-11,14-17,19,22,26H,5-6,12-13,18H2,1H3. The van der Waals surface area contributed by atoms with Crippen molar-refractivity contribution in [1.82, 2.24) is 9.62 Å². The molecule has 168 valence electrons. The van der Waals surface area contributed by atoms with E-state index in [1.165, 1.54) is 12.1 Å². The maximum atomic E-state index is 13.5. The zero-order valence-corrected chi connectivity index (χ0v) is 18.9. The highest BCUT2D eigenvalue weighted by Crippen LogP contribution is 2.27. The van der Waals surface area contributed by atoms with Gasteiger partial charge in [0.05, 0.1) is 17.7 Å². The molecule has 0 spiro atoms. The number of sulfonamides is 1. The zero-order valence-electron chi connectivity index (χ0n) is 18.1. The van der Waals surface area contributed by atoms with E-state index in [1.54, 1.807) is 31.4 Å². The monoisotopic (exact) mass is 452 g/mol. The van der Waals surface area contributed by atoms with Gasteiger partial charge in [-0.3, -0.25) is 4.79 Å². The number of rotatable bonds is 8. The molecule has 1 aliphatic carbocycles. The molecule has 6 nitrogen and oxygen atoms in total. The van der Waals surface area contributed by atoms with Crippen molar-refractivity contribution in [2.45, 2.75) is 56.1 Å². The predicted octanol–water partition coefficient (Wildman–Crippen LogP) is 4.90. The summed E-state index contributed by atoms with van der Waals surface area (Å²) in [5.41, 5.74) is 1.23. The first kappa shape index (κ1) is 22.3. The summed E-state index contributed by atoms with van der Waals surface area (Å²) in [5, 5.41) is 0. The molecule has 1 fully saturated rings. The molecule has 1 N–H and O–H groups in total. The van der Waals surface area contributed by atoms with Crippen molar-refractivity contribution in [3.8, 4) is 0 Å². The Labute approximate surface area is 189 Å². The van der Waals surface area contributed by atoms with Crippen LogP contribution in [0, 0.1) is 0 Å². The number of carbonyl (C=O) groups excluding carboxylic acids is 1. The molecular weight excluding hydrogens is 424 g/mol. The number of carbonyl (C=O) groups is 1. The van der Waals surface area contributed by atoms with Crippen LogP contribution >= 0.6 is 0 Å².